The van der Waals surface area contributed by atoms with Crippen molar-refractivity contribution in [1.29, 1.82) is 0 Å². The van der Waals surface area contributed by atoms with Gasteiger partial charge in [0.1, 0.15) is 12.2 Å². The van der Waals surface area contributed by atoms with Crippen LogP contribution in [0.15, 0.2) is 30.6 Å². The molecule has 0 bridgehead atoms. The van der Waals surface area contributed by atoms with Crippen molar-refractivity contribution in [1.82, 2.24) is 14.8 Å². The Kier molecular flexibility index (Phi) is 3.54. The van der Waals surface area contributed by atoms with E-state index in [0.29, 0.717) is 6.54 Å². The maximum absolute atomic E-state index is 5.91. The Hall–Kier alpha value is -1.39. The molecule has 84 valence electrons. The van der Waals surface area contributed by atoms with Crippen LogP contribution in [0.25, 0.3) is 0 Å². The molecule has 0 aliphatic rings. The topological polar surface area (TPSA) is 56.7 Å². The molecular weight excluding hydrogens is 224 g/mol. The zero-order chi connectivity index (χ0) is 11.4. The Bertz CT molecular complexity index is 467. The Balaban J connectivity index is 2.02. The van der Waals surface area contributed by atoms with E-state index >= 15 is 0 Å². The van der Waals surface area contributed by atoms with E-state index in [4.69, 9.17) is 17.3 Å². The van der Waals surface area contributed by atoms with Crippen LogP contribution in [0.3, 0.4) is 0 Å². The van der Waals surface area contributed by atoms with Crippen molar-refractivity contribution in [2.24, 2.45) is 5.73 Å². The lowest BCUT2D eigenvalue weighted by atomic mass is 10.1. The average molecular weight is 237 g/mol. The molecule has 1 aromatic heterocycles. The molecule has 0 radical (unpaired) electrons. The summed E-state index contributed by atoms with van der Waals surface area (Å²) in [7, 11) is 0. The zero-order valence-corrected chi connectivity index (χ0v) is 9.56. The molecule has 0 unspecified atom stereocenters. The number of nitrogens with zero attached hydrogens (tertiary/aromatic N) is 3. The summed E-state index contributed by atoms with van der Waals surface area (Å²) in [6.07, 6.45) is 2.60. The molecule has 4 nitrogen and oxygen atoms in total. The zero-order valence-electron chi connectivity index (χ0n) is 8.81. The quantitative estimate of drug-likeness (QED) is 0.878. The molecule has 0 saturated heterocycles. The maximum Gasteiger partial charge on any atom is 0.146 e. The van der Waals surface area contributed by atoms with Gasteiger partial charge in [0, 0.05) is 11.6 Å². The fraction of sp³-hybridized carbons (Fsp3) is 0.273. The van der Waals surface area contributed by atoms with E-state index in [1.165, 1.54) is 5.56 Å². The van der Waals surface area contributed by atoms with Gasteiger partial charge in [-0.25, -0.2) is 0 Å². The van der Waals surface area contributed by atoms with Crippen LogP contribution in [0.2, 0.25) is 5.02 Å². The minimum absolute atomic E-state index is 0.412. The summed E-state index contributed by atoms with van der Waals surface area (Å²) in [5.74, 6) is 0.807. The molecular formula is C11H13ClN4. The third-order valence-electron chi connectivity index (χ3n) is 2.41. The standard InChI is InChI=1S/C11H13ClN4/c12-10-3-1-2-9(6-10)4-5-16-8-14-15-11(16)7-13/h1-3,6,8H,4-5,7,13H2. The highest BCUT2D eigenvalue weighted by Crippen LogP contribution is 2.11. The van der Waals surface area contributed by atoms with Gasteiger partial charge >= 0.3 is 0 Å². The summed E-state index contributed by atoms with van der Waals surface area (Å²) >= 11 is 5.91. The molecule has 2 aromatic rings. The van der Waals surface area contributed by atoms with Gasteiger partial charge in [-0.15, -0.1) is 10.2 Å². The van der Waals surface area contributed by atoms with Crippen molar-refractivity contribution in [3.63, 3.8) is 0 Å². The normalized spacial score (nSPS) is 10.6. The highest BCUT2D eigenvalue weighted by molar-refractivity contribution is 6.30. The lowest BCUT2D eigenvalue weighted by Crippen LogP contribution is -2.09. The van der Waals surface area contributed by atoms with E-state index < -0.39 is 0 Å². The predicted octanol–water partition coefficient (Wildman–Crippen LogP) is 1.63. The first-order valence-electron chi connectivity index (χ1n) is 5.11. The molecule has 0 fully saturated rings. The molecule has 1 heterocycles. The second-order valence-electron chi connectivity index (χ2n) is 3.52. The van der Waals surface area contributed by atoms with Crippen LogP contribution >= 0.6 is 11.6 Å². The van der Waals surface area contributed by atoms with Crippen LogP contribution in [0.1, 0.15) is 11.4 Å². The van der Waals surface area contributed by atoms with E-state index in [-0.39, 0.29) is 0 Å². The van der Waals surface area contributed by atoms with Crippen molar-refractivity contribution in [3.05, 3.63) is 47.0 Å². The number of hydrogen-bond acceptors (Lipinski definition) is 3. The number of aryl methyl sites for hydroxylation is 2. The van der Waals surface area contributed by atoms with Gasteiger partial charge in [-0.2, -0.15) is 0 Å². The van der Waals surface area contributed by atoms with Crippen molar-refractivity contribution >= 4 is 11.6 Å². The van der Waals surface area contributed by atoms with E-state index in [1.54, 1.807) is 6.33 Å². The van der Waals surface area contributed by atoms with E-state index in [9.17, 15) is 0 Å². The lowest BCUT2D eigenvalue weighted by molar-refractivity contribution is 0.651. The van der Waals surface area contributed by atoms with Gasteiger partial charge in [0.15, 0.2) is 0 Å². The molecule has 16 heavy (non-hydrogen) atoms. The van der Waals surface area contributed by atoms with Crippen LogP contribution in [0.5, 0.6) is 0 Å². The Labute approximate surface area is 99.1 Å². The van der Waals surface area contributed by atoms with E-state index in [1.807, 2.05) is 22.8 Å². The van der Waals surface area contributed by atoms with Gasteiger partial charge in [0.05, 0.1) is 6.54 Å². The molecule has 0 aliphatic heterocycles. The molecule has 0 atom stereocenters. The Morgan fingerprint density at radius 1 is 1.38 bits per heavy atom. The van der Waals surface area contributed by atoms with Crippen LogP contribution in [-0.2, 0) is 19.5 Å². The van der Waals surface area contributed by atoms with E-state index in [2.05, 4.69) is 16.3 Å². The molecule has 0 amide bonds. The molecule has 2 N–H and O–H groups in total. The molecule has 0 aliphatic carbocycles. The third kappa shape index (κ3) is 2.59. The smallest absolute Gasteiger partial charge is 0.146 e. The molecule has 0 spiro atoms. The maximum atomic E-state index is 5.91. The summed E-state index contributed by atoms with van der Waals surface area (Å²) in [4.78, 5) is 0. The minimum atomic E-state index is 0.412. The molecule has 1 aromatic carbocycles. The average Bonchev–Trinajstić information content (AvgIpc) is 2.74. The summed E-state index contributed by atoms with van der Waals surface area (Å²) < 4.78 is 1.96. The Morgan fingerprint density at radius 2 is 2.25 bits per heavy atom. The van der Waals surface area contributed by atoms with Crippen molar-refractivity contribution in [2.45, 2.75) is 19.5 Å². The SMILES string of the molecule is NCc1nncn1CCc1cccc(Cl)c1. The highest BCUT2D eigenvalue weighted by atomic mass is 35.5. The van der Waals surface area contributed by atoms with Crippen LogP contribution < -0.4 is 5.73 Å². The van der Waals surface area contributed by atoms with E-state index in [0.717, 1.165) is 23.8 Å². The predicted molar refractivity (Wildman–Crippen MR) is 63.1 cm³/mol. The minimum Gasteiger partial charge on any atom is -0.324 e. The number of benzene rings is 1. The van der Waals surface area contributed by atoms with Crippen molar-refractivity contribution < 1.29 is 0 Å². The van der Waals surface area contributed by atoms with Crippen LogP contribution in [0.4, 0.5) is 0 Å². The number of rotatable bonds is 4. The number of aromatic nitrogens is 3. The third-order valence-corrected chi connectivity index (χ3v) is 2.64. The van der Waals surface area contributed by atoms with Gasteiger partial charge in [-0.05, 0) is 24.1 Å². The second-order valence-corrected chi connectivity index (χ2v) is 3.96. The molecule has 2 rings (SSSR count). The summed E-state index contributed by atoms with van der Waals surface area (Å²) in [5, 5.41) is 8.52. The first-order chi connectivity index (χ1) is 7.79. The van der Waals surface area contributed by atoms with Gasteiger partial charge in [-0.3, -0.25) is 0 Å². The van der Waals surface area contributed by atoms with Crippen LogP contribution in [0, 0.1) is 0 Å². The second kappa shape index (κ2) is 5.09. The number of nitrogens with two attached hydrogens (primary N) is 1. The fourth-order valence-corrected chi connectivity index (χ4v) is 1.78. The summed E-state index contributed by atoms with van der Waals surface area (Å²) in [6.45, 7) is 1.23. The van der Waals surface area contributed by atoms with Gasteiger partial charge < -0.3 is 10.3 Å². The van der Waals surface area contributed by atoms with Crippen molar-refractivity contribution in [2.75, 3.05) is 0 Å². The van der Waals surface area contributed by atoms with Gasteiger partial charge in [0.25, 0.3) is 0 Å². The van der Waals surface area contributed by atoms with Crippen LogP contribution in [-0.4, -0.2) is 14.8 Å². The Morgan fingerprint density at radius 3 is 3.00 bits per heavy atom. The van der Waals surface area contributed by atoms with Gasteiger partial charge in [0.2, 0.25) is 0 Å². The number of halogens is 1. The molecule has 5 heteroatoms. The lowest BCUT2D eigenvalue weighted by Gasteiger charge is -2.05. The largest absolute Gasteiger partial charge is 0.324 e. The molecule has 0 saturated carbocycles. The summed E-state index contributed by atoms with van der Waals surface area (Å²) in [6, 6.07) is 7.84. The monoisotopic (exact) mass is 236 g/mol. The number of hydrogen-bond donors (Lipinski definition) is 1. The highest BCUT2D eigenvalue weighted by Gasteiger charge is 2.02. The van der Waals surface area contributed by atoms with Crippen molar-refractivity contribution in [3.8, 4) is 0 Å². The fourth-order valence-electron chi connectivity index (χ4n) is 1.57. The first-order valence-corrected chi connectivity index (χ1v) is 5.48. The first kappa shape index (κ1) is 11.1. The summed E-state index contributed by atoms with van der Waals surface area (Å²) in [5.41, 5.74) is 6.74. The van der Waals surface area contributed by atoms with Gasteiger partial charge in [-0.1, -0.05) is 23.7 Å².